The molecule has 0 aliphatic heterocycles. The summed E-state index contributed by atoms with van der Waals surface area (Å²) in [4.78, 5) is 12.7. The van der Waals surface area contributed by atoms with Crippen molar-refractivity contribution in [1.29, 1.82) is 0 Å². The first-order chi connectivity index (χ1) is 9.61. The zero-order valence-electron chi connectivity index (χ0n) is 13.0. The lowest BCUT2D eigenvalue weighted by atomic mass is 9.90. The lowest BCUT2D eigenvalue weighted by molar-refractivity contribution is 0.0953. The molecule has 0 amide bonds. The predicted octanol–water partition coefficient (Wildman–Crippen LogP) is 4.86. The molecule has 110 valence electrons. The van der Waals surface area contributed by atoms with Gasteiger partial charge in [-0.05, 0) is 37.0 Å². The molecule has 0 bridgehead atoms. The van der Waals surface area contributed by atoms with Crippen LogP contribution in [-0.2, 0) is 0 Å². The quantitative estimate of drug-likeness (QED) is 0.579. The molecule has 1 fully saturated rings. The SMILES string of the molecule is COc1cc(C)cc(C)c1C(=O)CC1CCCCCC1. The van der Waals surface area contributed by atoms with Crippen molar-refractivity contribution in [3.63, 3.8) is 0 Å². The summed E-state index contributed by atoms with van der Waals surface area (Å²) in [7, 11) is 1.65. The third kappa shape index (κ3) is 3.62. The molecule has 0 heterocycles. The molecule has 0 spiro atoms. The summed E-state index contributed by atoms with van der Waals surface area (Å²) in [6, 6.07) is 4.04. The van der Waals surface area contributed by atoms with Crippen molar-refractivity contribution in [3.05, 3.63) is 28.8 Å². The summed E-state index contributed by atoms with van der Waals surface area (Å²) < 4.78 is 5.42. The van der Waals surface area contributed by atoms with Crippen LogP contribution >= 0.6 is 0 Å². The zero-order valence-corrected chi connectivity index (χ0v) is 13.0. The van der Waals surface area contributed by atoms with Crippen molar-refractivity contribution in [1.82, 2.24) is 0 Å². The highest BCUT2D eigenvalue weighted by Gasteiger charge is 2.21. The molecule has 2 rings (SSSR count). The van der Waals surface area contributed by atoms with E-state index in [0.717, 1.165) is 22.4 Å². The maximum Gasteiger partial charge on any atom is 0.167 e. The Kier molecular flexibility index (Phi) is 5.22. The van der Waals surface area contributed by atoms with E-state index in [-0.39, 0.29) is 5.78 Å². The Balaban J connectivity index is 2.16. The van der Waals surface area contributed by atoms with E-state index in [9.17, 15) is 4.79 Å². The number of carbonyl (C=O) groups is 1. The van der Waals surface area contributed by atoms with Crippen LogP contribution in [-0.4, -0.2) is 12.9 Å². The molecule has 0 aromatic heterocycles. The minimum Gasteiger partial charge on any atom is -0.496 e. The first-order valence-corrected chi connectivity index (χ1v) is 7.80. The average molecular weight is 274 g/mol. The van der Waals surface area contributed by atoms with Gasteiger partial charge in [0.2, 0.25) is 0 Å². The predicted molar refractivity (Wildman–Crippen MR) is 82.6 cm³/mol. The number of methoxy groups -OCH3 is 1. The lowest BCUT2D eigenvalue weighted by Gasteiger charge is -2.16. The van der Waals surface area contributed by atoms with E-state index in [2.05, 4.69) is 6.07 Å². The standard InChI is InChI=1S/C18H26O2/c1-13-10-14(2)18(17(11-13)20-3)16(19)12-15-8-6-4-5-7-9-15/h10-11,15H,4-9,12H2,1-3H3. The van der Waals surface area contributed by atoms with Gasteiger partial charge in [-0.2, -0.15) is 0 Å². The smallest absolute Gasteiger partial charge is 0.167 e. The summed E-state index contributed by atoms with van der Waals surface area (Å²) in [5.41, 5.74) is 2.98. The lowest BCUT2D eigenvalue weighted by Crippen LogP contribution is -2.11. The third-order valence-corrected chi connectivity index (χ3v) is 4.39. The minimum atomic E-state index is 0.256. The minimum absolute atomic E-state index is 0.256. The first kappa shape index (κ1) is 15.1. The number of hydrogen-bond acceptors (Lipinski definition) is 2. The second-order valence-corrected chi connectivity index (χ2v) is 6.14. The van der Waals surface area contributed by atoms with Crippen LogP contribution in [0, 0.1) is 19.8 Å². The Labute approximate surface area is 122 Å². The number of ether oxygens (including phenoxy) is 1. The van der Waals surface area contributed by atoms with Crippen molar-refractivity contribution in [2.45, 2.75) is 58.8 Å². The zero-order chi connectivity index (χ0) is 14.5. The number of aryl methyl sites for hydroxylation is 2. The summed E-state index contributed by atoms with van der Waals surface area (Å²) in [6.07, 6.45) is 8.32. The second kappa shape index (κ2) is 6.92. The number of Topliss-reactive ketones (excluding diaryl/α,β-unsaturated/α-hetero) is 1. The van der Waals surface area contributed by atoms with Crippen molar-refractivity contribution in [2.75, 3.05) is 7.11 Å². The Morgan fingerprint density at radius 1 is 1.15 bits per heavy atom. The van der Waals surface area contributed by atoms with Gasteiger partial charge in [-0.1, -0.05) is 44.6 Å². The maximum atomic E-state index is 12.7. The molecule has 0 N–H and O–H groups in total. The van der Waals surface area contributed by atoms with Gasteiger partial charge in [0, 0.05) is 6.42 Å². The van der Waals surface area contributed by atoms with Crippen LogP contribution in [0.5, 0.6) is 5.75 Å². The van der Waals surface area contributed by atoms with Gasteiger partial charge >= 0.3 is 0 Å². The number of rotatable bonds is 4. The van der Waals surface area contributed by atoms with Crippen LogP contribution in [0.15, 0.2) is 12.1 Å². The molecule has 1 aliphatic rings. The Bertz CT molecular complexity index is 469. The Morgan fingerprint density at radius 2 is 1.80 bits per heavy atom. The molecule has 1 aromatic carbocycles. The highest BCUT2D eigenvalue weighted by Crippen LogP contribution is 2.30. The number of carbonyl (C=O) groups excluding carboxylic acids is 1. The van der Waals surface area contributed by atoms with E-state index >= 15 is 0 Å². The van der Waals surface area contributed by atoms with Crippen LogP contribution in [0.3, 0.4) is 0 Å². The van der Waals surface area contributed by atoms with E-state index in [1.807, 2.05) is 19.9 Å². The number of ketones is 1. The summed E-state index contributed by atoms with van der Waals surface area (Å²) >= 11 is 0. The van der Waals surface area contributed by atoms with E-state index < -0.39 is 0 Å². The summed E-state index contributed by atoms with van der Waals surface area (Å²) in [6.45, 7) is 4.05. The normalized spacial score (nSPS) is 16.8. The molecule has 0 atom stereocenters. The van der Waals surface area contributed by atoms with Gasteiger partial charge in [-0.15, -0.1) is 0 Å². The summed E-state index contributed by atoms with van der Waals surface area (Å²) in [5, 5.41) is 0. The van der Waals surface area contributed by atoms with Crippen molar-refractivity contribution < 1.29 is 9.53 Å². The fourth-order valence-electron chi connectivity index (χ4n) is 3.38. The second-order valence-electron chi connectivity index (χ2n) is 6.14. The van der Waals surface area contributed by atoms with Crippen molar-refractivity contribution >= 4 is 5.78 Å². The molecule has 1 aliphatic carbocycles. The average Bonchev–Trinajstić information content (AvgIpc) is 2.66. The van der Waals surface area contributed by atoms with Gasteiger partial charge in [0.05, 0.1) is 12.7 Å². The Hall–Kier alpha value is -1.31. The monoisotopic (exact) mass is 274 g/mol. The van der Waals surface area contributed by atoms with E-state index in [1.165, 1.54) is 38.5 Å². The molecule has 1 aromatic rings. The molecule has 20 heavy (non-hydrogen) atoms. The van der Waals surface area contributed by atoms with Gasteiger partial charge in [0.15, 0.2) is 5.78 Å². The van der Waals surface area contributed by atoms with E-state index in [0.29, 0.717) is 12.3 Å². The molecule has 1 saturated carbocycles. The largest absolute Gasteiger partial charge is 0.496 e. The van der Waals surface area contributed by atoms with Gasteiger partial charge in [-0.3, -0.25) is 4.79 Å². The highest BCUT2D eigenvalue weighted by molar-refractivity contribution is 6.00. The first-order valence-electron chi connectivity index (χ1n) is 7.80. The fourth-order valence-corrected chi connectivity index (χ4v) is 3.38. The summed E-state index contributed by atoms with van der Waals surface area (Å²) in [5.74, 6) is 1.56. The van der Waals surface area contributed by atoms with Crippen molar-refractivity contribution in [3.8, 4) is 5.75 Å². The van der Waals surface area contributed by atoms with Crippen molar-refractivity contribution in [2.24, 2.45) is 5.92 Å². The van der Waals surface area contributed by atoms with Crippen LogP contribution in [0.25, 0.3) is 0 Å². The van der Waals surface area contributed by atoms with Gasteiger partial charge in [0.1, 0.15) is 5.75 Å². The van der Waals surface area contributed by atoms with E-state index in [4.69, 9.17) is 4.74 Å². The van der Waals surface area contributed by atoms with Crippen LogP contribution in [0.2, 0.25) is 0 Å². The molecule has 2 nitrogen and oxygen atoms in total. The van der Waals surface area contributed by atoms with Crippen LogP contribution in [0.1, 0.15) is 66.4 Å². The topological polar surface area (TPSA) is 26.3 Å². The maximum absolute atomic E-state index is 12.7. The van der Waals surface area contributed by atoms with Crippen LogP contribution in [0.4, 0.5) is 0 Å². The molecule has 2 heteroatoms. The number of hydrogen-bond donors (Lipinski definition) is 0. The molecule has 0 unspecified atom stereocenters. The Morgan fingerprint density at radius 3 is 2.40 bits per heavy atom. The molecule has 0 radical (unpaired) electrons. The fraction of sp³-hybridized carbons (Fsp3) is 0.611. The molecular formula is C18H26O2. The van der Waals surface area contributed by atoms with Crippen LogP contribution < -0.4 is 4.74 Å². The van der Waals surface area contributed by atoms with Gasteiger partial charge in [0.25, 0.3) is 0 Å². The molecular weight excluding hydrogens is 248 g/mol. The van der Waals surface area contributed by atoms with Gasteiger partial charge < -0.3 is 4.74 Å². The highest BCUT2D eigenvalue weighted by atomic mass is 16.5. The number of benzene rings is 1. The molecule has 0 saturated heterocycles. The third-order valence-electron chi connectivity index (χ3n) is 4.39. The van der Waals surface area contributed by atoms with E-state index in [1.54, 1.807) is 7.11 Å². The van der Waals surface area contributed by atoms with Gasteiger partial charge in [-0.25, -0.2) is 0 Å².